The van der Waals surface area contributed by atoms with Gasteiger partial charge in [-0.25, -0.2) is 0 Å². The highest BCUT2D eigenvalue weighted by molar-refractivity contribution is 5.85. The summed E-state index contributed by atoms with van der Waals surface area (Å²) in [5.74, 6) is -0.231. The summed E-state index contributed by atoms with van der Waals surface area (Å²) in [6, 6.07) is 2.40. The molecule has 0 unspecified atom stereocenters. The smallest absolute Gasteiger partial charge is 0.140 e. The highest BCUT2D eigenvalue weighted by Crippen LogP contribution is 2.30. The summed E-state index contributed by atoms with van der Waals surface area (Å²) in [5, 5.41) is 17.8. The molecule has 0 aromatic heterocycles. The number of nitrogens with two attached hydrogens (primary N) is 2. The van der Waals surface area contributed by atoms with Gasteiger partial charge in [0.15, 0.2) is 0 Å². The standard InChI is InChI=1S/C6H8N2O2.ClH/c7-3-1-5(9)4(8)2-6(3)10;/h1-2,9-10H,7-8H2;1H. The number of halogens is 1. The summed E-state index contributed by atoms with van der Waals surface area (Å²) in [6.45, 7) is 0. The van der Waals surface area contributed by atoms with Gasteiger partial charge in [0.25, 0.3) is 0 Å². The van der Waals surface area contributed by atoms with Crippen molar-refractivity contribution in [3.05, 3.63) is 12.1 Å². The first-order valence-corrected chi connectivity index (χ1v) is 2.68. The lowest BCUT2D eigenvalue weighted by atomic mass is 10.2. The Bertz CT molecular complexity index is 215. The topological polar surface area (TPSA) is 92.5 Å². The molecule has 1 aromatic rings. The van der Waals surface area contributed by atoms with E-state index >= 15 is 0 Å². The van der Waals surface area contributed by atoms with Crippen LogP contribution in [0.5, 0.6) is 11.5 Å². The summed E-state index contributed by atoms with van der Waals surface area (Å²) < 4.78 is 0. The maximum Gasteiger partial charge on any atom is 0.140 e. The maximum absolute atomic E-state index is 8.91. The van der Waals surface area contributed by atoms with Gasteiger partial charge in [0, 0.05) is 12.1 Å². The largest absolute Gasteiger partial charge is 0.506 e. The molecule has 0 aliphatic carbocycles. The number of aromatic hydroxyl groups is 2. The van der Waals surface area contributed by atoms with E-state index in [-0.39, 0.29) is 35.3 Å². The first-order chi connectivity index (χ1) is 4.61. The van der Waals surface area contributed by atoms with Crippen LogP contribution >= 0.6 is 12.4 Å². The van der Waals surface area contributed by atoms with Crippen LogP contribution in [-0.2, 0) is 0 Å². The molecule has 0 heterocycles. The van der Waals surface area contributed by atoms with Crippen molar-refractivity contribution in [3.63, 3.8) is 0 Å². The van der Waals surface area contributed by atoms with Crippen molar-refractivity contribution < 1.29 is 10.2 Å². The molecule has 4 nitrogen and oxygen atoms in total. The number of nitrogen functional groups attached to an aromatic ring is 2. The molecule has 0 bridgehead atoms. The number of phenolic OH excluding ortho intramolecular Hbond substituents is 2. The molecule has 0 saturated carbocycles. The minimum atomic E-state index is -0.115. The fourth-order valence-corrected chi connectivity index (χ4v) is 0.609. The van der Waals surface area contributed by atoms with Crippen LogP contribution in [0, 0.1) is 0 Å². The van der Waals surface area contributed by atoms with E-state index in [1.54, 1.807) is 0 Å². The van der Waals surface area contributed by atoms with E-state index in [4.69, 9.17) is 21.7 Å². The first kappa shape index (κ1) is 9.71. The van der Waals surface area contributed by atoms with Crippen molar-refractivity contribution in [2.24, 2.45) is 0 Å². The van der Waals surface area contributed by atoms with Gasteiger partial charge in [-0.05, 0) is 0 Å². The zero-order valence-corrected chi connectivity index (χ0v) is 6.43. The SMILES string of the molecule is Cl.Nc1cc(O)c(N)cc1O. The van der Waals surface area contributed by atoms with Crippen LogP contribution in [0.4, 0.5) is 11.4 Å². The van der Waals surface area contributed by atoms with E-state index in [9.17, 15) is 0 Å². The molecule has 62 valence electrons. The summed E-state index contributed by atoms with van der Waals surface area (Å²) in [6.07, 6.45) is 0. The molecule has 1 aromatic carbocycles. The molecule has 5 heteroatoms. The Labute approximate surface area is 69.9 Å². The van der Waals surface area contributed by atoms with Crippen LogP contribution in [0.1, 0.15) is 0 Å². The van der Waals surface area contributed by atoms with E-state index in [1.807, 2.05) is 0 Å². The van der Waals surface area contributed by atoms with Crippen LogP contribution in [-0.4, -0.2) is 10.2 Å². The van der Waals surface area contributed by atoms with Crippen LogP contribution < -0.4 is 11.5 Å². The Kier molecular flexibility index (Phi) is 2.83. The average Bonchev–Trinajstić information content (AvgIpc) is 1.84. The number of benzene rings is 1. The van der Waals surface area contributed by atoms with Crippen molar-refractivity contribution in [2.45, 2.75) is 0 Å². The number of hydrogen-bond acceptors (Lipinski definition) is 4. The third-order valence-electron chi connectivity index (χ3n) is 1.18. The zero-order valence-electron chi connectivity index (χ0n) is 5.61. The lowest BCUT2D eigenvalue weighted by molar-refractivity contribution is 0.465. The van der Waals surface area contributed by atoms with E-state index in [0.29, 0.717) is 0 Å². The zero-order chi connectivity index (χ0) is 7.72. The monoisotopic (exact) mass is 176 g/mol. The molecular formula is C6H9ClN2O2. The fourth-order valence-electron chi connectivity index (χ4n) is 0.609. The molecule has 0 aliphatic heterocycles. The number of hydrogen-bond donors (Lipinski definition) is 4. The predicted octanol–water partition coefficient (Wildman–Crippen LogP) is 0.684. The highest BCUT2D eigenvalue weighted by atomic mass is 35.5. The van der Waals surface area contributed by atoms with Gasteiger partial charge in [0.05, 0.1) is 11.4 Å². The molecule has 11 heavy (non-hydrogen) atoms. The molecule has 6 N–H and O–H groups in total. The number of anilines is 2. The van der Waals surface area contributed by atoms with Crippen molar-refractivity contribution in [3.8, 4) is 11.5 Å². The Balaban J connectivity index is 0.000001000. The number of rotatable bonds is 0. The maximum atomic E-state index is 8.91. The van der Waals surface area contributed by atoms with E-state index < -0.39 is 0 Å². The van der Waals surface area contributed by atoms with Crippen LogP contribution in [0.2, 0.25) is 0 Å². The van der Waals surface area contributed by atoms with Gasteiger partial charge < -0.3 is 21.7 Å². The van der Waals surface area contributed by atoms with E-state index in [0.717, 1.165) is 0 Å². The lowest BCUT2D eigenvalue weighted by Crippen LogP contribution is -1.89. The van der Waals surface area contributed by atoms with Gasteiger partial charge >= 0.3 is 0 Å². The second kappa shape index (κ2) is 3.21. The second-order valence-electron chi connectivity index (χ2n) is 1.97. The quantitative estimate of drug-likeness (QED) is 0.266. The summed E-state index contributed by atoms with van der Waals surface area (Å²) >= 11 is 0. The number of phenols is 2. The molecule has 0 saturated heterocycles. The minimum absolute atomic E-state index is 0. The normalized spacial score (nSPS) is 8.73. The molecule has 0 aliphatic rings. The molecule has 1 rings (SSSR count). The molecule has 0 radical (unpaired) electrons. The average molecular weight is 177 g/mol. The molecule has 0 fully saturated rings. The van der Waals surface area contributed by atoms with Crippen LogP contribution in [0.15, 0.2) is 12.1 Å². The van der Waals surface area contributed by atoms with Gasteiger partial charge in [-0.15, -0.1) is 12.4 Å². The third kappa shape index (κ3) is 1.81. The van der Waals surface area contributed by atoms with Crippen molar-refractivity contribution in [2.75, 3.05) is 11.5 Å². The first-order valence-electron chi connectivity index (χ1n) is 2.68. The second-order valence-corrected chi connectivity index (χ2v) is 1.97. The van der Waals surface area contributed by atoms with Crippen LogP contribution in [0.3, 0.4) is 0 Å². The van der Waals surface area contributed by atoms with Crippen molar-refractivity contribution in [1.82, 2.24) is 0 Å². The molecule has 0 spiro atoms. The Morgan fingerprint density at radius 2 is 1.18 bits per heavy atom. The summed E-state index contributed by atoms with van der Waals surface area (Å²) in [5.41, 5.74) is 10.7. The fraction of sp³-hybridized carbons (Fsp3) is 0. The molecule has 0 amide bonds. The molecule has 0 atom stereocenters. The van der Waals surface area contributed by atoms with Gasteiger partial charge in [-0.1, -0.05) is 0 Å². The van der Waals surface area contributed by atoms with Gasteiger partial charge in [-0.3, -0.25) is 0 Å². The Morgan fingerprint density at radius 1 is 0.909 bits per heavy atom. The third-order valence-corrected chi connectivity index (χ3v) is 1.18. The Morgan fingerprint density at radius 3 is 1.45 bits per heavy atom. The lowest BCUT2D eigenvalue weighted by Gasteiger charge is -2.01. The summed E-state index contributed by atoms with van der Waals surface area (Å²) in [4.78, 5) is 0. The van der Waals surface area contributed by atoms with Gasteiger partial charge in [-0.2, -0.15) is 0 Å². The van der Waals surface area contributed by atoms with E-state index in [1.165, 1.54) is 12.1 Å². The minimum Gasteiger partial charge on any atom is -0.506 e. The summed E-state index contributed by atoms with van der Waals surface area (Å²) in [7, 11) is 0. The van der Waals surface area contributed by atoms with Crippen LogP contribution in [0.25, 0.3) is 0 Å². The van der Waals surface area contributed by atoms with Gasteiger partial charge in [0.1, 0.15) is 11.5 Å². The highest BCUT2D eigenvalue weighted by Gasteiger charge is 2.01. The predicted molar refractivity (Wildman–Crippen MR) is 45.8 cm³/mol. The van der Waals surface area contributed by atoms with Crippen molar-refractivity contribution >= 4 is 23.8 Å². The molecular weight excluding hydrogens is 168 g/mol. The van der Waals surface area contributed by atoms with Crippen molar-refractivity contribution in [1.29, 1.82) is 0 Å². The Hall–Kier alpha value is -1.29. The van der Waals surface area contributed by atoms with E-state index in [2.05, 4.69) is 0 Å². The van der Waals surface area contributed by atoms with Gasteiger partial charge in [0.2, 0.25) is 0 Å².